The topological polar surface area (TPSA) is 87.7 Å². The minimum Gasteiger partial charge on any atom is -0.508 e. The number of phenolic OH excluding ortho intramolecular Hbond substituents is 1. The van der Waals surface area contributed by atoms with Crippen LogP contribution in [0.1, 0.15) is 5.56 Å². The van der Waals surface area contributed by atoms with Gasteiger partial charge >= 0.3 is 6.03 Å². The van der Waals surface area contributed by atoms with Crippen LogP contribution in [0, 0.1) is 0 Å². The summed E-state index contributed by atoms with van der Waals surface area (Å²) in [5, 5.41) is 12.5. The highest BCUT2D eigenvalue weighted by atomic mass is 16.3. The van der Waals surface area contributed by atoms with Crippen LogP contribution in [0.25, 0.3) is 0 Å². The Labute approximate surface area is 74.9 Å². The zero-order valence-corrected chi connectivity index (χ0v) is 6.77. The van der Waals surface area contributed by atoms with E-state index in [4.69, 9.17) is 10.8 Å². The number of carbonyl (C=O) groups is 1. The van der Waals surface area contributed by atoms with Crippen molar-refractivity contribution in [1.82, 2.24) is 5.43 Å². The van der Waals surface area contributed by atoms with Crippen LogP contribution in [0.15, 0.2) is 29.4 Å². The van der Waals surface area contributed by atoms with Crippen molar-refractivity contribution < 1.29 is 9.90 Å². The Balaban J connectivity index is 2.59. The summed E-state index contributed by atoms with van der Waals surface area (Å²) in [6.07, 6.45) is 1.42. The maximum atomic E-state index is 10.2. The van der Waals surface area contributed by atoms with Crippen LogP contribution in [-0.4, -0.2) is 17.4 Å². The van der Waals surface area contributed by atoms with Crippen LogP contribution in [0.4, 0.5) is 4.79 Å². The Hall–Kier alpha value is -2.04. The Morgan fingerprint density at radius 1 is 1.46 bits per heavy atom. The highest BCUT2D eigenvalue weighted by molar-refractivity contribution is 5.81. The van der Waals surface area contributed by atoms with Crippen LogP contribution >= 0.6 is 0 Å². The standard InChI is InChI=1S/C8H9N3O2/c9-8(13)11-10-5-6-1-3-7(12)4-2-6/h1-5,12H,(H3,9,11,13)/b10-5-. The summed E-state index contributed by atoms with van der Waals surface area (Å²) in [5.74, 6) is 0.181. The number of urea groups is 1. The molecule has 4 N–H and O–H groups in total. The number of benzene rings is 1. The van der Waals surface area contributed by atoms with Crippen molar-refractivity contribution in [2.75, 3.05) is 0 Å². The number of primary amides is 1. The van der Waals surface area contributed by atoms with Gasteiger partial charge in [0.05, 0.1) is 6.21 Å². The van der Waals surface area contributed by atoms with Crippen molar-refractivity contribution in [2.24, 2.45) is 10.8 Å². The molecule has 0 spiro atoms. The molecule has 0 aliphatic carbocycles. The van der Waals surface area contributed by atoms with Gasteiger partial charge in [-0.1, -0.05) is 0 Å². The fourth-order valence-corrected chi connectivity index (χ4v) is 0.731. The fraction of sp³-hybridized carbons (Fsp3) is 0. The molecule has 2 amide bonds. The van der Waals surface area contributed by atoms with Gasteiger partial charge in [0.1, 0.15) is 5.75 Å². The number of nitrogens with zero attached hydrogens (tertiary/aromatic N) is 1. The summed E-state index contributed by atoms with van der Waals surface area (Å²) < 4.78 is 0. The second kappa shape index (κ2) is 4.10. The van der Waals surface area contributed by atoms with Crippen LogP contribution in [-0.2, 0) is 0 Å². The van der Waals surface area contributed by atoms with E-state index in [0.29, 0.717) is 0 Å². The Kier molecular flexibility index (Phi) is 2.86. The molecule has 0 saturated carbocycles. The van der Waals surface area contributed by atoms with Gasteiger partial charge in [0.25, 0.3) is 0 Å². The van der Waals surface area contributed by atoms with Gasteiger partial charge in [-0.3, -0.25) is 0 Å². The number of amides is 2. The molecule has 0 heterocycles. The summed E-state index contributed by atoms with van der Waals surface area (Å²) >= 11 is 0. The fourth-order valence-electron chi connectivity index (χ4n) is 0.731. The lowest BCUT2D eigenvalue weighted by Crippen LogP contribution is -2.24. The number of hydrazone groups is 1. The summed E-state index contributed by atoms with van der Waals surface area (Å²) in [4.78, 5) is 10.2. The second-order valence-electron chi connectivity index (χ2n) is 2.33. The van der Waals surface area contributed by atoms with E-state index in [9.17, 15) is 4.79 Å². The van der Waals surface area contributed by atoms with E-state index >= 15 is 0 Å². The van der Waals surface area contributed by atoms with E-state index in [1.807, 2.05) is 0 Å². The summed E-state index contributed by atoms with van der Waals surface area (Å²) in [7, 11) is 0. The third-order valence-corrected chi connectivity index (χ3v) is 1.28. The van der Waals surface area contributed by atoms with E-state index in [1.54, 1.807) is 12.1 Å². The van der Waals surface area contributed by atoms with E-state index in [1.165, 1.54) is 18.3 Å². The van der Waals surface area contributed by atoms with Crippen molar-refractivity contribution in [2.45, 2.75) is 0 Å². The van der Waals surface area contributed by atoms with Crippen molar-refractivity contribution in [3.8, 4) is 5.75 Å². The summed E-state index contributed by atoms with van der Waals surface area (Å²) in [6, 6.07) is 5.63. The van der Waals surface area contributed by atoms with Gasteiger partial charge in [0.15, 0.2) is 0 Å². The molecule has 5 heteroatoms. The van der Waals surface area contributed by atoms with Crippen LogP contribution in [0.5, 0.6) is 5.75 Å². The summed E-state index contributed by atoms with van der Waals surface area (Å²) in [6.45, 7) is 0. The maximum absolute atomic E-state index is 10.2. The third kappa shape index (κ3) is 3.24. The van der Waals surface area contributed by atoms with Crippen LogP contribution in [0.2, 0.25) is 0 Å². The molecular weight excluding hydrogens is 170 g/mol. The first kappa shape index (κ1) is 9.05. The minimum atomic E-state index is -0.713. The van der Waals surface area contributed by atoms with Crippen molar-refractivity contribution in [1.29, 1.82) is 0 Å². The van der Waals surface area contributed by atoms with Gasteiger partial charge in [0.2, 0.25) is 0 Å². The normalized spacial score (nSPS) is 10.2. The SMILES string of the molecule is NC(=O)N/N=C\c1ccc(O)cc1. The predicted octanol–water partition coefficient (Wildman–Crippen LogP) is 0.394. The average Bonchev–Trinajstić information content (AvgIpc) is 2.08. The van der Waals surface area contributed by atoms with Gasteiger partial charge in [0, 0.05) is 0 Å². The first-order valence-corrected chi connectivity index (χ1v) is 3.56. The number of hydrogen-bond acceptors (Lipinski definition) is 3. The van der Waals surface area contributed by atoms with Crippen LogP contribution in [0.3, 0.4) is 0 Å². The number of carbonyl (C=O) groups excluding carboxylic acids is 1. The number of hydrogen-bond donors (Lipinski definition) is 3. The van der Waals surface area contributed by atoms with Crippen molar-refractivity contribution >= 4 is 12.2 Å². The van der Waals surface area contributed by atoms with E-state index in [2.05, 4.69) is 10.5 Å². The Morgan fingerprint density at radius 2 is 2.08 bits per heavy atom. The first-order valence-electron chi connectivity index (χ1n) is 3.56. The van der Waals surface area contributed by atoms with Gasteiger partial charge in [-0.05, 0) is 29.8 Å². The molecule has 0 aromatic heterocycles. The number of nitrogens with one attached hydrogen (secondary N) is 1. The van der Waals surface area contributed by atoms with Gasteiger partial charge in [-0.2, -0.15) is 5.10 Å². The highest BCUT2D eigenvalue weighted by Crippen LogP contribution is 2.07. The molecule has 1 rings (SSSR count). The number of aromatic hydroxyl groups is 1. The highest BCUT2D eigenvalue weighted by Gasteiger charge is 1.88. The monoisotopic (exact) mass is 179 g/mol. The molecule has 5 nitrogen and oxygen atoms in total. The largest absolute Gasteiger partial charge is 0.508 e. The number of phenols is 1. The average molecular weight is 179 g/mol. The zero-order chi connectivity index (χ0) is 9.68. The van der Waals surface area contributed by atoms with E-state index in [-0.39, 0.29) is 5.75 Å². The molecule has 0 saturated heterocycles. The molecule has 1 aromatic rings. The predicted molar refractivity (Wildman–Crippen MR) is 48.4 cm³/mol. The van der Waals surface area contributed by atoms with Crippen molar-refractivity contribution in [3.05, 3.63) is 29.8 Å². The number of rotatable bonds is 2. The first-order chi connectivity index (χ1) is 6.18. The van der Waals surface area contributed by atoms with Gasteiger partial charge in [-0.15, -0.1) is 0 Å². The Morgan fingerprint density at radius 3 is 2.62 bits per heavy atom. The molecule has 1 aromatic carbocycles. The third-order valence-electron chi connectivity index (χ3n) is 1.28. The lowest BCUT2D eigenvalue weighted by Gasteiger charge is -1.93. The van der Waals surface area contributed by atoms with E-state index < -0.39 is 6.03 Å². The zero-order valence-electron chi connectivity index (χ0n) is 6.77. The molecular formula is C8H9N3O2. The molecule has 0 bridgehead atoms. The molecule has 68 valence electrons. The molecule has 0 fully saturated rings. The molecule has 0 unspecified atom stereocenters. The van der Waals surface area contributed by atoms with Crippen molar-refractivity contribution in [3.63, 3.8) is 0 Å². The second-order valence-corrected chi connectivity index (χ2v) is 2.33. The number of nitrogens with two attached hydrogens (primary N) is 1. The smallest absolute Gasteiger partial charge is 0.332 e. The quantitative estimate of drug-likeness (QED) is 0.453. The van der Waals surface area contributed by atoms with Crippen LogP contribution < -0.4 is 11.2 Å². The molecule has 13 heavy (non-hydrogen) atoms. The molecule has 0 atom stereocenters. The Bertz CT molecular complexity index is 319. The molecule has 0 radical (unpaired) electrons. The van der Waals surface area contributed by atoms with Gasteiger partial charge < -0.3 is 10.8 Å². The minimum absolute atomic E-state index is 0.181. The lowest BCUT2D eigenvalue weighted by molar-refractivity contribution is 0.249. The molecule has 0 aliphatic heterocycles. The lowest BCUT2D eigenvalue weighted by atomic mass is 10.2. The summed E-state index contributed by atoms with van der Waals surface area (Å²) in [5.41, 5.74) is 7.59. The molecule has 0 aliphatic rings. The maximum Gasteiger partial charge on any atom is 0.332 e. The van der Waals surface area contributed by atoms with Gasteiger partial charge in [-0.25, -0.2) is 10.2 Å². The van der Waals surface area contributed by atoms with E-state index in [0.717, 1.165) is 5.56 Å².